The highest BCUT2D eigenvalue weighted by atomic mass is 35.5. The Kier molecular flexibility index (Phi) is 5.00. The maximum Gasteiger partial charge on any atom is 0.319 e. The number of hydrogen-bond acceptors (Lipinski definition) is 2. The molecule has 3 N–H and O–H groups in total. The molecular weight excluding hydrogens is 350 g/mol. The molecule has 6 heteroatoms. The fourth-order valence-corrected chi connectivity index (χ4v) is 3.05. The molecule has 2 aromatic carbocycles. The number of halogens is 1. The minimum absolute atomic E-state index is 0.291. The number of carbonyl (C=O) groups excluding carboxylic acids is 2. The summed E-state index contributed by atoms with van der Waals surface area (Å²) in [5.74, 6) is -0.291. The number of benzene rings is 2. The lowest BCUT2D eigenvalue weighted by Crippen LogP contribution is -2.45. The lowest BCUT2D eigenvalue weighted by Gasteiger charge is -2.28. The van der Waals surface area contributed by atoms with Crippen molar-refractivity contribution in [2.75, 3.05) is 5.32 Å². The number of anilines is 1. The fourth-order valence-electron chi connectivity index (χ4n) is 2.87. The van der Waals surface area contributed by atoms with E-state index in [0.29, 0.717) is 22.0 Å². The van der Waals surface area contributed by atoms with Gasteiger partial charge in [-0.3, -0.25) is 4.79 Å². The molecule has 1 aliphatic rings. The molecule has 0 radical (unpaired) electrons. The van der Waals surface area contributed by atoms with Gasteiger partial charge in [0.05, 0.1) is 11.6 Å². The predicted molar refractivity (Wildman–Crippen MR) is 103 cm³/mol. The molecule has 0 spiro atoms. The molecule has 0 aromatic heterocycles. The highest BCUT2D eigenvalue weighted by Gasteiger charge is 2.31. The summed E-state index contributed by atoms with van der Waals surface area (Å²) >= 11 is 6.14. The summed E-state index contributed by atoms with van der Waals surface area (Å²) in [5, 5.41) is 8.94. The van der Waals surface area contributed by atoms with Crippen molar-refractivity contribution in [3.63, 3.8) is 0 Å². The predicted octanol–water partition coefficient (Wildman–Crippen LogP) is 4.22. The maximum atomic E-state index is 12.9. The van der Waals surface area contributed by atoms with Crippen LogP contribution in [0.1, 0.15) is 29.7 Å². The SMILES string of the molecule is CC1=C(C(=O)Nc2ccc(C)c(Cl)c2)C(c2ccc(C)cc2)NC(=O)N1. The van der Waals surface area contributed by atoms with Crippen LogP contribution in [-0.2, 0) is 4.79 Å². The molecule has 0 saturated carbocycles. The molecule has 3 amide bonds. The molecule has 0 aliphatic carbocycles. The number of rotatable bonds is 3. The van der Waals surface area contributed by atoms with Crippen molar-refractivity contribution in [3.8, 4) is 0 Å². The average Bonchev–Trinajstić information content (AvgIpc) is 2.58. The summed E-state index contributed by atoms with van der Waals surface area (Å²) in [6.07, 6.45) is 0. The molecular formula is C20H20ClN3O2. The summed E-state index contributed by atoms with van der Waals surface area (Å²) in [4.78, 5) is 24.9. The Hall–Kier alpha value is -2.79. The topological polar surface area (TPSA) is 70.2 Å². The minimum atomic E-state index is -0.523. The summed E-state index contributed by atoms with van der Waals surface area (Å²) < 4.78 is 0. The van der Waals surface area contributed by atoms with E-state index < -0.39 is 6.04 Å². The second-order valence-electron chi connectivity index (χ2n) is 6.40. The first-order valence-corrected chi connectivity index (χ1v) is 8.65. The smallest absolute Gasteiger partial charge is 0.319 e. The number of amides is 3. The first-order chi connectivity index (χ1) is 12.3. The van der Waals surface area contributed by atoms with E-state index in [1.165, 1.54) is 0 Å². The van der Waals surface area contributed by atoms with Gasteiger partial charge in [-0.2, -0.15) is 0 Å². The molecule has 1 heterocycles. The molecule has 0 bridgehead atoms. The van der Waals surface area contributed by atoms with Crippen molar-refractivity contribution in [1.82, 2.24) is 10.6 Å². The van der Waals surface area contributed by atoms with Crippen LogP contribution in [0.3, 0.4) is 0 Å². The Bertz CT molecular complexity index is 904. The molecule has 0 fully saturated rings. The molecule has 3 rings (SSSR count). The lowest BCUT2D eigenvalue weighted by molar-refractivity contribution is -0.113. The van der Waals surface area contributed by atoms with Gasteiger partial charge in [0.2, 0.25) is 0 Å². The van der Waals surface area contributed by atoms with Gasteiger partial charge in [0, 0.05) is 16.4 Å². The number of hydrogen-bond donors (Lipinski definition) is 3. The van der Waals surface area contributed by atoms with E-state index in [4.69, 9.17) is 11.6 Å². The Labute approximate surface area is 157 Å². The van der Waals surface area contributed by atoms with Crippen LogP contribution in [0, 0.1) is 13.8 Å². The number of nitrogens with one attached hydrogen (secondary N) is 3. The average molecular weight is 370 g/mol. The van der Waals surface area contributed by atoms with E-state index in [1.807, 2.05) is 44.2 Å². The van der Waals surface area contributed by atoms with Gasteiger partial charge in [0.15, 0.2) is 0 Å². The summed E-state index contributed by atoms with van der Waals surface area (Å²) in [5.41, 5.74) is 4.47. The summed E-state index contributed by atoms with van der Waals surface area (Å²) in [6, 6.07) is 12.2. The lowest BCUT2D eigenvalue weighted by atomic mass is 9.94. The molecule has 1 aliphatic heterocycles. The highest BCUT2D eigenvalue weighted by molar-refractivity contribution is 6.31. The van der Waals surface area contributed by atoms with E-state index >= 15 is 0 Å². The van der Waals surface area contributed by atoms with Crippen LogP contribution < -0.4 is 16.0 Å². The Morgan fingerprint density at radius 1 is 1.08 bits per heavy atom. The van der Waals surface area contributed by atoms with Crippen LogP contribution in [0.15, 0.2) is 53.7 Å². The van der Waals surface area contributed by atoms with Crippen LogP contribution in [0.2, 0.25) is 5.02 Å². The number of allylic oxidation sites excluding steroid dienone is 1. The van der Waals surface area contributed by atoms with E-state index in [0.717, 1.165) is 16.7 Å². The van der Waals surface area contributed by atoms with Crippen molar-refractivity contribution < 1.29 is 9.59 Å². The quantitative estimate of drug-likeness (QED) is 0.757. The van der Waals surface area contributed by atoms with Crippen molar-refractivity contribution in [1.29, 1.82) is 0 Å². The van der Waals surface area contributed by atoms with Crippen molar-refractivity contribution in [2.24, 2.45) is 0 Å². The van der Waals surface area contributed by atoms with Crippen molar-refractivity contribution in [3.05, 3.63) is 75.4 Å². The van der Waals surface area contributed by atoms with Gasteiger partial charge in [-0.05, 0) is 44.0 Å². The van der Waals surface area contributed by atoms with Gasteiger partial charge in [0.25, 0.3) is 5.91 Å². The first-order valence-electron chi connectivity index (χ1n) is 8.27. The van der Waals surface area contributed by atoms with E-state index in [2.05, 4.69) is 16.0 Å². The zero-order valence-electron chi connectivity index (χ0n) is 14.8. The number of aryl methyl sites for hydroxylation is 2. The van der Waals surface area contributed by atoms with Crippen LogP contribution in [0.5, 0.6) is 0 Å². The monoisotopic (exact) mass is 369 g/mol. The molecule has 26 heavy (non-hydrogen) atoms. The zero-order valence-corrected chi connectivity index (χ0v) is 15.6. The van der Waals surface area contributed by atoms with Crippen LogP contribution in [0.25, 0.3) is 0 Å². The Morgan fingerprint density at radius 3 is 2.42 bits per heavy atom. The highest BCUT2D eigenvalue weighted by Crippen LogP contribution is 2.28. The first kappa shape index (κ1) is 18.0. The molecule has 5 nitrogen and oxygen atoms in total. The van der Waals surface area contributed by atoms with E-state index in [-0.39, 0.29) is 11.9 Å². The fraction of sp³-hybridized carbons (Fsp3) is 0.200. The Balaban J connectivity index is 1.93. The standard InChI is InChI=1S/C20H20ClN3O2/c1-11-4-7-14(8-5-11)18-17(13(3)22-20(26)24-18)19(25)23-15-9-6-12(2)16(21)10-15/h4-10,18H,1-3H3,(H,23,25)(H2,22,24,26). The second-order valence-corrected chi connectivity index (χ2v) is 6.81. The van der Waals surface area contributed by atoms with Gasteiger partial charge in [-0.15, -0.1) is 0 Å². The number of carbonyl (C=O) groups is 2. The van der Waals surface area contributed by atoms with Crippen LogP contribution in [-0.4, -0.2) is 11.9 Å². The van der Waals surface area contributed by atoms with Gasteiger partial charge in [0.1, 0.15) is 0 Å². The molecule has 1 unspecified atom stereocenters. The van der Waals surface area contributed by atoms with Gasteiger partial charge in [-0.1, -0.05) is 47.5 Å². The minimum Gasteiger partial charge on any atom is -0.327 e. The molecule has 134 valence electrons. The van der Waals surface area contributed by atoms with Crippen molar-refractivity contribution in [2.45, 2.75) is 26.8 Å². The van der Waals surface area contributed by atoms with E-state index in [9.17, 15) is 9.59 Å². The summed E-state index contributed by atoms with van der Waals surface area (Å²) in [6.45, 7) is 5.60. The molecule has 1 atom stereocenters. The van der Waals surface area contributed by atoms with Crippen LogP contribution in [0.4, 0.5) is 10.5 Å². The largest absolute Gasteiger partial charge is 0.327 e. The van der Waals surface area contributed by atoms with Gasteiger partial charge >= 0.3 is 6.03 Å². The number of urea groups is 1. The zero-order chi connectivity index (χ0) is 18.8. The second kappa shape index (κ2) is 7.22. The molecule has 2 aromatic rings. The maximum absolute atomic E-state index is 12.9. The Morgan fingerprint density at radius 2 is 1.77 bits per heavy atom. The van der Waals surface area contributed by atoms with Gasteiger partial charge in [-0.25, -0.2) is 4.79 Å². The normalized spacial score (nSPS) is 16.8. The molecule has 0 saturated heterocycles. The third-order valence-corrected chi connectivity index (χ3v) is 4.76. The third kappa shape index (κ3) is 3.73. The van der Waals surface area contributed by atoms with Crippen LogP contribution >= 0.6 is 11.6 Å². The summed E-state index contributed by atoms with van der Waals surface area (Å²) in [7, 11) is 0. The van der Waals surface area contributed by atoms with Crippen molar-refractivity contribution >= 4 is 29.2 Å². The van der Waals surface area contributed by atoms with Gasteiger partial charge < -0.3 is 16.0 Å². The third-order valence-electron chi connectivity index (χ3n) is 4.35. The van der Waals surface area contributed by atoms with E-state index in [1.54, 1.807) is 19.1 Å².